The SMILES string of the molecule is CN(CC(NC1CC1)C(N)=O)CC(C)(C)C. The van der Waals surface area contributed by atoms with Crippen LogP contribution in [0.2, 0.25) is 0 Å². The average Bonchev–Trinajstić information content (AvgIpc) is 2.82. The molecule has 1 amide bonds. The van der Waals surface area contributed by atoms with Gasteiger partial charge in [0.1, 0.15) is 0 Å². The molecule has 0 radical (unpaired) electrons. The highest BCUT2D eigenvalue weighted by Gasteiger charge is 2.28. The zero-order valence-electron chi connectivity index (χ0n) is 10.9. The van der Waals surface area contributed by atoms with Crippen LogP contribution in [0, 0.1) is 5.41 Å². The molecule has 0 spiro atoms. The van der Waals surface area contributed by atoms with Crippen LogP contribution in [0.4, 0.5) is 0 Å². The highest BCUT2D eigenvalue weighted by atomic mass is 16.1. The molecule has 1 aliphatic carbocycles. The van der Waals surface area contributed by atoms with Gasteiger partial charge in [-0.1, -0.05) is 20.8 Å². The molecule has 1 aliphatic rings. The number of hydrogen-bond donors (Lipinski definition) is 2. The lowest BCUT2D eigenvalue weighted by Gasteiger charge is -2.29. The smallest absolute Gasteiger partial charge is 0.235 e. The van der Waals surface area contributed by atoms with Gasteiger partial charge in [-0.05, 0) is 25.3 Å². The van der Waals surface area contributed by atoms with Gasteiger partial charge < -0.3 is 16.0 Å². The van der Waals surface area contributed by atoms with E-state index in [1.165, 1.54) is 12.8 Å². The number of nitrogens with two attached hydrogens (primary N) is 1. The summed E-state index contributed by atoms with van der Waals surface area (Å²) in [4.78, 5) is 13.5. The molecule has 0 aromatic rings. The molecule has 1 atom stereocenters. The third-order valence-corrected chi connectivity index (χ3v) is 2.60. The first-order valence-corrected chi connectivity index (χ1v) is 6.02. The van der Waals surface area contributed by atoms with Gasteiger partial charge in [0.15, 0.2) is 0 Å². The van der Waals surface area contributed by atoms with Gasteiger partial charge in [0.25, 0.3) is 0 Å². The lowest BCUT2D eigenvalue weighted by Crippen LogP contribution is -2.50. The van der Waals surface area contributed by atoms with Gasteiger partial charge in [-0.25, -0.2) is 0 Å². The molecule has 94 valence electrons. The molecule has 4 heteroatoms. The van der Waals surface area contributed by atoms with Crippen LogP contribution in [0.3, 0.4) is 0 Å². The number of amides is 1. The van der Waals surface area contributed by atoms with E-state index < -0.39 is 0 Å². The molecule has 0 aliphatic heterocycles. The maximum Gasteiger partial charge on any atom is 0.235 e. The van der Waals surface area contributed by atoms with E-state index in [9.17, 15) is 4.79 Å². The quantitative estimate of drug-likeness (QED) is 0.697. The van der Waals surface area contributed by atoms with E-state index in [1.54, 1.807) is 0 Å². The fraction of sp³-hybridized carbons (Fsp3) is 0.917. The van der Waals surface area contributed by atoms with Crippen LogP contribution in [0.15, 0.2) is 0 Å². The van der Waals surface area contributed by atoms with Gasteiger partial charge in [0, 0.05) is 19.1 Å². The van der Waals surface area contributed by atoms with Crippen molar-refractivity contribution in [2.75, 3.05) is 20.1 Å². The molecule has 1 saturated carbocycles. The van der Waals surface area contributed by atoms with Gasteiger partial charge in [-0.15, -0.1) is 0 Å². The van der Waals surface area contributed by atoms with Crippen LogP contribution in [0.25, 0.3) is 0 Å². The van der Waals surface area contributed by atoms with Gasteiger partial charge in [-0.2, -0.15) is 0 Å². The molecule has 1 rings (SSSR count). The Kier molecular flexibility index (Phi) is 4.33. The number of nitrogens with zero attached hydrogens (tertiary/aromatic N) is 1. The van der Waals surface area contributed by atoms with E-state index in [0.29, 0.717) is 12.6 Å². The number of hydrogen-bond acceptors (Lipinski definition) is 3. The third kappa shape index (κ3) is 5.47. The molecule has 4 nitrogen and oxygen atoms in total. The summed E-state index contributed by atoms with van der Waals surface area (Å²) in [5.74, 6) is -0.243. The second-order valence-electron chi connectivity index (χ2n) is 6.15. The molecule has 0 aromatic heterocycles. The van der Waals surface area contributed by atoms with Crippen molar-refractivity contribution in [1.29, 1.82) is 0 Å². The normalized spacial score (nSPS) is 18.8. The predicted octanol–water partition coefficient (Wildman–Crippen LogP) is 0.570. The Morgan fingerprint density at radius 1 is 1.50 bits per heavy atom. The van der Waals surface area contributed by atoms with Gasteiger partial charge >= 0.3 is 0 Å². The van der Waals surface area contributed by atoms with E-state index in [4.69, 9.17) is 5.73 Å². The molecule has 0 heterocycles. The summed E-state index contributed by atoms with van der Waals surface area (Å²) in [7, 11) is 2.04. The maximum absolute atomic E-state index is 11.3. The summed E-state index contributed by atoms with van der Waals surface area (Å²) in [6, 6.07) is 0.306. The molecular weight excluding hydrogens is 202 g/mol. The van der Waals surface area contributed by atoms with E-state index in [0.717, 1.165) is 6.54 Å². The molecule has 1 fully saturated rings. The zero-order valence-corrected chi connectivity index (χ0v) is 10.9. The Morgan fingerprint density at radius 2 is 2.06 bits per heavy atom. The summed E-state index contributed by atoms with van der Waals surface area (Å²) >= 11 is 0. The predicted molar refractivity (Wildman–Crippen MR) is 66.1 cm³/mol. The van der Waals surface area contributed by atoms with Crippen LogP contribution in [0.1, 0.15) is 33.6 Å². The van der Waals surface area contributed by atoms with Crippen LogP contribution in [-0.4, -0.2) is 43.0 Å². The van der Waals surface area contributed by atoms with E-state index >= 15 is 0 Å². The van der Waals surface area contributed by atoms with Crippen molar-refractivity contribution >= 4 is 5.91 Å². The van der Waals surface area contributed by atoms with Gasteiger partial charge in [0.05, 0.1) is 6.04 Å². The van der Waals surface area contributed by atoms with Crippen LogP contribution in [-0.2, 0) is 4.79 Å². The minimum absolute atomic E-state index is 0.208. The monoisotopic (exact) mass is 227 g/mol. The minimum atomic E-state index is -0.243. The number of likely N-dealkylation sites (N-methyl/N-ethyl adjacent to an activating group) is 1. The molecule has 0 bridgehead atoms. The first-order valence-electron chi connectivity index (χ1n) is 6.02. The molecule has 0 saturated heterocycles. The highest BCUT2D eigenvalue weighted by Crippen LogP contribution is 2.20. The summed E-state index contributed by atoms with van der Waals surface area (Å²) in [6.45, 7) is 8.23. The molecule has 1 unspecified atom stereocenters. The summed E-state index contributed by atoms with van der Waals surface area (Å²) < 4.78 is 0. The Balaban J connectivity index is 2.37. The lowest BCUT2D eigenvalue weighted by atomic mass is 9.96. The van der Waals surface area contributed by atoms with Crippen molar-refractivity contribution in [2.24, 2.45) is 11.1 Å². The highest BCUT2D eigenvalue weighted by molar-refractivity contribution is 5.80. The number of carbonyl (C=O) groups is 1. The van der Waals surface area contributed by atoms with Crippen LogP contribution in [0.5, 0.6) is 0 Å². The summed E-state index contributed by atoms with van der Waals surface area (Å²) in [6.07, 6.45) is 2.35. The zero-order chi connectivity index (χ0) is 12.3. The maximum atomic E-state index is 11.3. The Labute approximate surface area is 98.6 Å². The van der Waals surface area contributed by atoms with Crippen molar-refractivity contribution in [3.63, 3.8) is 0 Å². The van der Waals surface area contributed by atoms with Gasteiger partial charge in [-0.3, -0.25) is 4.79 Å². The number of primary amides is 1. The Hall–Kier alpha value is -0.610. The van der Waals surface area contributed by atoms with Gasteiger partial charge in [0.2, 0.25) is 5.91 Å². The first kappa shape index (κ1) is 13.5. The second-order valence-corrected chi connectivity index (χ2v) is 6.15. The first-order chi connectivity index (χ1) is 7.28. The lowest BCUT2D eigenvalue weighted by molar-refractivity contribution is -0.120. The molecule has 3 N–H and O–H groups in total. The topological polar surface area (TPSA) is 58.4 Å². The standard InChI is InChI=1S/C12H25N3O/c1-12(2,3)8-15(4)7-10(11(13)16)14-9-5-6-9/h9-10,14H,5-8H2,1-4H3,(H2,13,16). The number of nitrogens with one attached hydrogen (secondary N) is 1. The average molecular weight is 227 g/mol. The van der Waals surface area contributed by atoms with E-state index in [1.807, 2.05) is 7.05 Å². The molecular formula is C12H25N3O. The van der Waals surface area contributed by atoms with E-state index in [-0.39, 0.29) is 17.4 Å². The summed E-state index contributed by atoms with van der Waals surface area (Å²) in [5.41, 5.74) is 5.64. The molecule has 16 heavy (non-hydrogen) atoms. The fourth-order valence-corrected chi connectivity index (χ4v) is 1.95. The summed E-state index contributed by atoms with van der Waals surface area (Å²) in [5, 5.41) is 3.29. The van der Waals surface area contributed by atoms with Crippen LogP contribution < -0.4 is 11.1 Å². The van der Waals surface area contributed by atoms with Crippen molar-refractivity contribution in [3.8, 4) is 0 Å². The largest absolute Gasteiger partial charge is 0.368 e. The number of rotatable bonds is 6. The Bertz CT molecular complexity index is 243. The third-order valence-electron chi connectivity index (χ3n) is 2.60. The van der Waals surface area contributed by atoms with Crippen molar-refractivity contribution in [2.45, 2.75) is 45.7 Å². The van der Waals surface area contributed by atoms with Crippen LogP contribution >= 0.6 is 0 Å². The molecule has 0 aromatic carbocycles. The van der Waals surface area contributed by atoms with E-state index in [2.05, 4.69) is 31.0 Å². The minimum Gasteiger partial charge on any atom is -0.368 e. The van der Waals surface area contributed by atoms with Crippen molar-refractivity contribution < 1.29 is 4.79 Å². The number of carbonyl (C=O) groups excluding carboxylic acids is 1. The van der Waals surface area contributed by atoms with Crippen molar-refractivity contribution in [1.82, 2.24) is 10.2 Å². The fourth-order valence-electron chi connectivity index (χ4n) is 1.95. The second kappa shape index (κ2) is 5.15. The van der Waals surface area contributed by atoms with Crippen molar-refractivity contribution in [3.05, 3.63) is 0 Å². The Morgan fingerprint density at radius 3 is 2.44 bits per heavy atom.